The number of ether oxygens (including phenoxy) is 3. The number of aliphatic carboxylic acids is 1. The highest BCUT2D eigenvalue weighted by molar-refractivity contribution is 5.72. The second-order valence-electron chi connectivity index (χ2n) is 15.0. The number of rotatable bonds is 36. The summed E-state index contributed by atoms with van der Waals surface area (Å²) < 4.78 is 17.1. The van der Waals surface area contributed by atoms with Crippen molar-refractivity contribution in [2.45, 2.75) is 122 Å². The molecule has 2 unspecified atom stereocenters. The van der Waals surface area contributed by atoms with Crippen molar-refractivity contribution in [2.24, 2.45) is 0 Å². The number of carbonyl (C=O) groups is 3. The van der Waals surface area contributed by atoms with Crippen LogP contribution in [0.1, 0.15) is 110 Å². The lowest BCUT2D eigenvalue weighted by molar-refractivity contribution is -0.887. The number of allylic oxidation sites excluding steroid dienone is 24. The molecule has 8 heteroatoms. The lowest BCUT2D eigenvalue weighted by Gasteiger charge is -2.31. The highest BCUT2D eigenvalue weighted by Crippen LogP contribution is 2.10. The molecule has 0 heterocycles. The number of nitrogens with zero attached hydrogens (tertiary/aromatic N) is 1. The molecule has 0 aliphatic heterocycles. The van der Waals surface area contributed by atoms with Crippen LogP contribution < -0.4 is 0 Å². The van der Waals surface area contributed by atoms with E-state index >= 15 is 0 Å². The van der Waals surface area contributed by atoms with E-state index in [1.807, 2.05) is 75.8 Å². The summed E-state index contributed by atoms with van der Waals surface area (Å²) >= 11 is 0. The van der Waals surface area contributed by atoms with E-state index in [1.54, 1.807) is 0 Å². The number of hydrogen-bond acceptors (Lipinski definition) is 6. The number of carboxylic acid groups (broad SMARTS) is 1. The maximum absolute atomic E-state index is 12.7. The molecule has 0 aliphatic carbocycles. The SMILES string of the molecule is CC/C=C/C=C/C=C/C=C/C=C/CCCC(=O)OC(COCCC(C(=O)O)[N+](C)(C)C)COC(=O)CCC/C=C/C/C=C/C/C=C/C/C=C/C/C=C/C/C=C/C/C=C/CC. The van der Waals surface area contributed by atoms with Gasteiger partial charge in [-0.25, -0.2) is 4.79 Å². The van der Waals surface area contributed by atoms with Gasteiger partial charge < -0.3 is 23.8 Å². The molecule has 2 atom stereocenters. The van der Waals surface area contributed by atoms with E-state index in [0.717, 1.165) is 57.8 Å². The number of carbonyl (C=O) groups excluding carboxylic acids is 2. The van der Waals surface area contributed by atoms with Crippen LogP contribution in [0.4, 0.5) is 0 Å². The largest absolute Gasteiger partial charge is 0.477 e. The summed E-state index contributed by atoms with van der Waals surface area (Å²) in [7, 11) is 5.46. The molecular weight excluding hydrogens is 751 g/mol. The Morgan fingerprint density at radius 1 is 0.517 bits per heavy atom. The van der Waals surface area contributed by atoms with Gasteiger partial charge >= 0.3 is 17.9 Å². The average molecular weight is 829 g/mol. The van der Waals surface area contributed by atoms with E-state index in [4.69, 9.17) is 14.2 Å². The second kappa shape index (κ2) is 41.0. The molecule has 60 heavy (non-hydrogen) atoms. The Hall–Kier alpha value is -4.79. The van der Waals surface area contributed by atoms with Gasteiger partial charge in [0.15, 0.2) is 12.1 Å². The van der Waals surface area contributed by atoms with Crippen LogP contribution in [0.3, 0.4) is 0 Å². The van der Waals surface area contributed by atoms with Gasteiger partial charge in [0.05, 0.1) is 34.4 Å². The van der Waals surface area contributed by atoms with E-state index in [1.165, 1.54) is 0 Å². The number of carboxylic acids is 1. The normalized spacial score (nSPS) is 14.3. The fraction of sp³-hybridized carbons (Fsp3) is 0.481. The Morgan fingerprint density at radius 3 is 1.40 bits per heavy atom. The summed E-state index contributed by atoms with van der Waals surface area (Å²) in [5.74, 6) is -1.67. The Balaban J connectivity index is 4.54. The number of quaternary nitrogens is 1. The van der Waals surface area contributed by atoms with Gasteiger partial charge in [0, 0.05) is 19.3 Å². The summed E-state index contributed by atoms with van der Waals surface area (Å²) in [5, 5.41) is 9.61. The second-order valence-corrected chi connectivity index (χ2v) is 15.0. The molecule has 332 valence electrons. The van der Waals surface area contributed by atoms with Crippen LogP contribution >= 0.6 is 0 Å². The zero-order valence-electron chi connectivity index (χ0n) is 37.6. The van der Waals surface area contributed by atoms with Gasteiger partial charge in [-0.3, -0.25) is 9.59 Å². The maximum atomic E-state index is 12.7. The fourth-order valence-electron chi connectivity index (χ4n) is 5.28. The number of hydrogen-bond donors (Lipinski definition) is 1. The fourth-order valence-corrected chi connectivity index (χ4v) is 5.28. The lowest BCUT2D eigenvalue weighted by atomic mass is 10.1. The smallest absolute Gasteiger partial charge is 0.362 e. The Morgan fingerprint density at radius 2 is 0.933 bits per heavy atom. The zero-order valence-corrected chi connectivity index (χ0v) is 37.6. The third-order valence-electron chi connectivity index (χ3n) is 8.61. The van der Waals surface area contributed by atoms with Gasteiger partial charge in [-0.15, -0.1) is 0 Å². The van der Waals surface area contributed by atoms with Crippen LogP contribution in [0.2, 0.25) is 0 Å². The first kappa shape index (κ1) is 55.2. The minimum Gasteiger partial charge on any atom is -0.477 e. The third kappa shape index (κ3) is 38.7. The summed E-state index contributed by atoms with van der Waals surface area (Å²) in [6.45, 7) is 4.29. The summed E-state index contributed by atoms with van der Waals surface area (Å²) in [6, 6.07) is -0.646. The molecule has 0 aromatic heterocycles. The number of unbranched alkanes of at least 4 members (excludes halogenated alkanes) is 2. The molecule has 1 N–H and O–H groups in total. The minimum absolute atomic E-state index is 0.00212. The van der Waals surface area contributed by atoms with E-state index in [2.05, 4.69) is 105 Å². The van der Waals surface area contributed by atoms with E-state index < -0.39 is 24.1 Å². The van der Waals surface area contributed by atoms with Gasteiger partial charge in [0.2, 0.25) is 0 Å². The Bertz CT molecular complexity index is 1480. The van der Waals surface area contributed by atoms with Crippen LogP contribution in [-0.2, 0) is 28.6 Å². The van der Waals surface area contributed by atoms with Crippen molar-refractivity contribution in [1.29, 1.82) is 0 Å². The number of esters is 2. The van der Waals surface area contributed by atoms with Gasteiger partial charge in [-0.2, -0.15) is 0 Å². The average Bonchev–Trinajstić information content (AvgIpc) is 3.21. The molecule has 0 amide bonds. The van der Waals surface area contributed by atoms with Crippen molar-refractivity contribution in [3.05, 3.63) is 146 Å². The molecule has 0 saturated heterocycles. The summed E-state index contributed by atoms with van der Waals surface area (Å²) in [6.07, 6.45) is 60.6. The molecule has 0 bridgehead atoms. The molecule has 0 aliphatic rings. The first-order valence-electron chi connectivity index (χ1n) is 21.9. The van der Waals surface area contributed by atoms with Gasteiger partial charge in [-0.05, 0) is 77.0 Å². The van der Waals surface area contributed by atoms with Crippen molar-refractivity contribution in [2.75, 3.05) is 41.0 Å². The molecule has 0 rings (SSSR count). The van der Waals surface area contributed by atoms with Crippen LogP contribution in [0, 0.1) is 0 Å². The Labute approximate surface area is 364 Å². The molecule has 0 spiro atoms. The van der Waals surface area contributed by atoms with E-state index in [0.29, 0.717) is 19.3 Å². The van der Waals surface area contributed by atoms with Crippen LogP contribution in [0.15, 0.2) is 146 Å². The van der Waals surface area contributed by atoms with Gasteiger partial charge in [0.1, 0.15) is 6.61 Å². The van der Waals surface area contributed by atoms with Gasteiger partial charge in [0.25, 0.3) is 0 Å². The molecule has 0 fully saturated rings. The highest BCUT2D eigenvalue weighted by atomic mass is 16.6. The van der Waals surface area contributed by atoms with Crippen LogP contribution in [-0.4, -0.2) is 80.6 Å². The molecule has 8 nitrogen and oxygen atoms in total. The van der Waals surface area contributed by atoms with Crippen molar-refractivity contribution < 1.29 is 38.2 Å². The zero-order chi connectivity index (χ0) is 44.2. The number of likely N-dealkylation sites (N-methyl/N-ethyl adjacent to an activating group) is 1. The molecular formula is C52H78NO7+. The van der Waals surface area contributed by atoms with Crippen molar-refractivity contribution in [3.8, 4) is 0 Å². The highest BCUT2D eigenvalue weighted by Gasteiger charge is 2.31. The predicted octanol–water partition coefficient (Wildman–Crippen LogP) is 12.2. The van der Waals surface area contributed by atoms with Gasteiger partial charge in [-0.1, -0.05) is 160 Å². The maximum Gasteiger partial charge on any atom is 0.362 e. The predicted molar refractivity (Wildman–Crippen MR) is 251 cm³/mol. The monoisotopic (exact) mass is 829 g/mol. The summed E-state index contributed by atoms with van der Waals surface area (Å²) in [4.78, 5) is 36.9. The quantitative estimate of drug-likeness (QED) is 0.0221. The first-order chi connectivity index (χ1) is 29.1. The molecule has 0 saturated carbocycles. The lowest BCUT2D eigenvalue weighted by Crippen LogP contribution is -2.50. The standard InChI is InChI=1S/C52H77NO7/c1-6-8-10-12-14-16-18-20-21-22-23-24-25-26-27-28-29-31-32-34-36-38-40-42-50(54)59-47-48(46-58-45-44-49(52(56)57)53(3,4)5)60-51(55)43-41-39-37-35-33-30-19-17-15-13-11-9-7-2/h8-11,13-17,19-21,23-24,26-27,29-31,33-37,48-49H,6-7,12,18,22,25,28,32,38-47H2,1-5H3/p+1/b10-8+,11-9+,15-13+,16-14+,19-17+,21-20+,24-23+,27-26+,31-29+,33-30+,36-34+,37-35+. The van der Waals surface area contributed by atoms with Crippen molar-refractivity contribution in [1.82, 2.24) is 0 Å². The minimum atomic E-state index is -0.903. The van der Waals surface area contributed by atoms with Crippen molar-refractivity contribution in [3.63, 3.8) is 0 Å². The van der Waals surface area contributed by atoms with Crippen LogP contribution in [0.25, 0.3) is 0 Å². The van der Waals surface area contributed by atoms with E-state index in [9.17, 15) is 19.5 Å². The third-order valence-corrected chi connectivity index (χ3v) is 8.61. The Kier molecular flexibility index (Phi) is 37.7. The summed E-state index contributed by atoms with van der Waals surface area (Å²) in [5.41, 5.74) is 0. The molecule has 0 aromatic rings. The molecule has 0 aromatic carbocycles. The van der Waals surface area contributed by atoms with Crippen molar-refractivity contribution >= 4 is 17.9 Å². The first-order valence-corrected chi connectivity index (χ1v) is 21.9. The van der Waals surface area contributed by atoms with E-state index in [-0.39, 0.29) is 49.5 Å². The topological polar surface area (TPSA) is 99.1 Å². The van der Waals surface area contributed by atoms with Crippen LogP contribution in [0.5, 0.6) is 0 Å². The molecule has 0 radical (unpaired) electrons.